The quantitative estimate of drug-likeness (QED) is 0.820. The first-order valence-electron chi connectivity index (χ1n) is 5.49. The molecule has 0 aliphatic carbocycles. The monoisotopic (exact) mass is 215 g/mol. The van der Waals surface area contributed by atoms with Gasteiger partial charge in [-0.25, -0.2) is 0 Å². The molecule has 0 amide bonds. The standard InChI is InChI=1S/C13H17N3/c1-9-3-4-10-7-11(13(8-14)15-2)5-6-12(10)16-9/h3-7,13,15H,8,14H2,1-2H3. The molecule has 0 fully saturated rings. The summed E-state index contributed by atoms with van der Waals surface area (Å²) < 4.78 is 0. The molecule has 0 spiro atoms. The van der Waals surface area contributed by atoms with Crippen LogP contribution in [-0.2, 0) is 0 Å². The van der Waals surface area contributed by atoms with Gasteiger partial charge in [0, 0.05) is 23.7 Å². The fraction of sp³-hybridized carbons (Fsp3) is 0.308. The molecule has 1 heterocycles. The van der Waals surface area contributed by atoms with E-state index in [9.17, 15) is 0 Å². The molecule has 0 aliphatic rings. The van der Waals surface area contributed by atoms with Crippen molar-refractivity contribution in [2.24, 2.45) is 5.73 Å². The highest BCUT2D eigenvalue weighted by Gasteiger charge is 2.07. The van der Waals surface area contributed by atoms with E-state index in [4.69, 9.17) is 5.73 Å². The number of likely N-dealkylation sites (N-methyl/N-ethyl adjacent to an activating group) is 1. The van der Waals surface area contributed by atoms with Gasteiger partial charge in [0.15, 0.2) is 0 Å². The highest BCUT2D eigenvalue weighted by molar-refractivity contribution is 5.79. The van der Waals surface area contributed by atoms with Crippen molar-refractivity contribution in [3.05, 3.63) is 41.6 Å². The summed E-state index contributed by atoms with van der Waals surface area (Å²) in [5, 5.41) is 4.36. The van der Waals surface area contributed by atoms with E-state index >= 15 is 0 Å². The summed E-state index contributed by atoms with van der Waals surface area (Å²) in [6, 6.07) is 10.6. The molecule has 0 saturated heterocycles. The van der Waals surface area contributed by atoms with E-state index in [1.165, 1.54) is 5.56 Å². The second kappa shape index (κ2) is 4.60. The van der Waals surface area contributed by atoms with Crippen molar-refractivity contribution in [2.75, 3.05) is 13.6 Å². The Morgan fingerprint density at radius 2 is 2.12 bits per heavy atom. The summed E-state index contributed by atoms with van der Waals surface area (Å²) in [7, 11) is 1.93. The van der Waals surface area contributed by atoms with Crippen molar-refractivity contribution in [1.29, 1.82) is 0 Å². The minimum Gasteiger partial charge on any atom is -0.329 e. The van der Waals surface area contributed by atoms with Crippen LogP contribution in [0.5, 0.6) is 0 Å². The third kappa shape index (κ3) is 2.05. The largest absolute Gasteiger partial charge is 0.329 e. The van der Waals surface area contributed by atoms with Gasteiger partial charge in [-0.15, -0.1) is 0 Å². The minimum atomic E-state index is 0.214. The van der Waals surface area contributed by atoms with E-state index in [2.05, 4.69) is 34.6 Å². The smallest absolute Gasteiger partial charge is 0.0705 e. The molecule has 0 saturated carbocycles. The van der Waals surface area contributed by atoms with E-state index < -0.39 is 0 Å². The highest BCUT2D eigenvalue weighted by Crippen LogP contribution is 2.18. The van der Waals surface area contributed by atoms with Crippen molar-refractivity contribution in [3.8, 4) is 0 Å². The fourth-order valence-corrected chi connectivity index (χ4v) is 1.88. The van der Waals surface area contributed by atoms with E-state index in [1.807, 2.05) is 20.0 Å². The molecule has 3 nitrogen and oxygen atoms in total. The molecule has 1 aromatic heterocycles. The third-order valence-corrected chi connectivity index (χ3v) is 2.84. The lowest BCUT2D eigenvalue weighted by Gasteiger charge is -2.14. The number of hydrogen-bond acceptors (Lipinski definition) is 3. The highest BCUT2D eigenvalue weighted by atomic mass is 14.9. The van der Waals surface area contributed by atoms with Crippen LogP contribution in [0.3, 0.4) is 0 Å². The number of hydrogen-bond donors (Lipinski definition) is 2. The number of aromatic nitrogens is 1. The minimum absolute atomic E-state index is 0.214. The first-order chi connectivity index (χ1) is 7.74. The second-order valence-electron chi connectivity index (χ2n) is 3.98. The molecule has 2 aromatic rings. The molecule has 1 unspecified atom stereocenters. The number of fused-ring (bicyclic) bond motifs is 1. The zero-order chi connectivity index (χ0) is 11.5. The van der Waals surface area contributed by atoms with Crippen LogP contribution in [0.15, 0.2) is 30.3 Å². The maximum Gasteiger partial charge on any atom is 0.0705 e. The number of nitrogens with two attached hydrogens (primary N) is 1. The van der Waals surface area contributed by atoms with Crippen LogP contribution in [-0.4, -0.2) is 18.6 Å². The molecule has 0 aliphatic heterocycles. The SMILES string of the molecule is CNC(CN)c1ccc2nc(C)ccc2c1. The Labute approximate surface area is 95.7 Å². The number of aryl methyl sites for hydroxylation is 1. The van der Waals surface area contributed by atoms with Crippen molar-refractivity contribution < 1.29 is 0 Å². The molecule has 84 valence electrons. The molecule has 1 atom stereocenters. The Morgan fingerprint density at radius 1 is 1.31 bits per heavy atom. The predicted molar refractivity (Wildman–Crippen MR) is 67.3 cm³/mol. The van der Waals surface area contributed by atoms with Gasteiger partial charge in [-0.3, -0.25) is 4.98 Å². The molecule has 3 heteroatoms. The number of nitrogens with zero attached hydrogens (tertiary/aromatic N) is 1. The van der Waals surface area contributed by atoms with Gasteiger partial charge in [-0.1, -0.05) is 12.1 Å². The summed E-state index contributed by atoms with van der Waals surface area (Å²) in [6.07, 6.45) is 0. The Bertz CT molecular complexity index is 490. The maximum atomic E-state index is 5.71. The van der Waals surface area contributed by atoms with Crippen molar-refractivity contribution in [2.45, 2.75) is 13.0 Å². The van der Waals surface area contributed by atoms with Gasteiger partial charge in [-0.05, 0) is 37.7 Å². The van der Waals surface area contributed by atoms with Gasteiger partial charge >= 0.3 is 0 Å². The molecule has 0 bridgehead atoms. The number of rotatable bonds is 3. The van der Waals surface area contributed by atoms with E-state index in [0.29, 0.717) is 6.54 Å². The topological polar surface area (TPSA) is 50.9 Å². The van der Waals surface area contributed by atoms with E-state index in [1.54, 1.807) is 0 Å². The molecular formula is C13H17N3. The van der Waals surface area contributed by atoms with Crippen molar-refractivity contribution >= 4 is 10.9 Å². The van der Waals surface area contributed by atoms with Gasteiger partial charge in [0.05, 0.1) is 5.52 Å². The number of benzene rings is 1. The van der Waals surface area contributed by atoms with Crippen LogP contribution in [0, 0.1) is 6.92 Å². The van der Waals surface area contributed by atoms with Gasteiger partial charge in [0.1, 0.15) is 0 Å². The maximum absolute atomic E-state index is 5.71. The average Bonchev–Trinajstić information content (AvgIpc) is 2.31. The summed E-state index contributed by atoms with van der Waals surface area (Å²) >= 11 is 0. The Hall–Kier alpha value is -1.45. The first-order valence-corrected chi connectivity index (χ1v) is 5.49. The van der Waals surface area contributed by atoms with Crippen molar-refractivity contribution in [3.63, 3.8) is 0 Å². The van der Waals surface area contributed by atoms with Crippen LogP contribution in [0.4, 0.5) is 0 Å². The average molecular weight is 215 g/mol. The van der Waals surface area contributed by atoms with Gasteiger partial charge in [-0.2, -0.15) is 0 Å². The van der Waals surface area contributed by atoms with Gasteiger partial charge in [0.2, 0.25) is 0 Å². The van der Waals surface area contributed by atoms with Crippen LogP contribution in [0.2, 0.25) is 0 Å². The van der Waals surface area contributed by atoms with Crippen LogP contribution >= 0.6 is 0 Å². The number of nitrogens with one attached hydrogen (secondary N) is 1. The molecular weight excluding hydrogens is 198 g/mol. The lowest BCUT2D eigenvalue weighted by molar-refractivity contribution is 0.606. The lowest BCUT2D eigenvalue weighted by atomic mass is 10.0. The Kier molecular flexibility index (Phi) is 3.17. The summed E-state index contributed by atoms with van der Waals surface area (Å²) in [4.78, 5) is 4.48. The van der Waals surface area contributed by atoms with E-state index in [-0.39, 0.29) is 6.04 Å². The van der Waals surface area contributed by atoms with Crippen LogP contribution in [0.25, 0.3) is 10.9 Å². The molecule has 2 rings (SSSR count). The summed E-state index contributed by atoms with van der Waals surface area (Å²) in [5.74, 6) is 0. The Balaban J connectivity index is 2.47. The molecule has 3 N–H and O–H groups in total. The lowest BCUT2D eigenvalue weighted by Crippen LogP contribution is -2.24. The zero-order valence-corrected chi connectivity index (χ0v) is 9.70. The van der Waals surface area contributed by atoms with Gasteiger partial charge < -0.3 is 11.1 Å². The molecule has 1 aromatic carbocycles. The molecule has 16 heavy (non-hydrogen) atoms. The predicted octanol–water partition coefficient (Wildman–Crippen LogP) is 1.76. The normalized spacial score (nSPS) is 12.9. The van der Waals surface area contributed by atoms with Crippen LogP contribution in [0.1, 0.15) is 17.3 Å². The van der Waals surface area contributed by atoms with Gasteiger partial charge in [0.25, 0.3) is 0 Å². The summed E-state index contributed by atoms with van der Waals surface area (Å²) in [5.41, 5.74) is 9.00. The first kappa shape index (κ1) is 11.0. The second-order valence-corrected chi connectivity index (χ2v) is 3.98. The molecule has 0 radical (unpaired) electrons. The fourth-order valence-electron chi connectivity index (χ4n) is 1.88. The summed E-state index contributed by atoms with van der Waals surface area (Å²) in [6.45, 7) is 2.60. The van der Waals surface area contributed by atoms with Crippen molar-refractivity contribution in [1.82, 2.24) is 10.3 Å². The Morgan fingerprint density at radius 3 is 2.81 bits per heavy atom. The van der Waals surface area contributed by atoms with E-state index in [0.717, 1.165) is 16.6 Å². The number of pyridine rings is 1. The zero-order valence-electron chi connectivity index (χ0n) is 9.70. The third-order valence-electron chi connectivity index (χ3n) is 2.84. The van der Waals surface area contributed by atoms with Crippen LogP contribution < -0.4 is 11.1 Å².